The van der Waals surface area contributed by atoms with Crippen LogP contribution in [0.15, 0.2) is 0 Å². The van der Waals surface area contributed by atoms with Gasteiger partial charge in [-0.2, -0.15) is 0 Å². The molecule has 1 N–H and O–H groups in total. The Hall–Kier alpha value is -0.610. The molecule has 2 fully saturated rings. The maximum absolute atomic E-state index is 11.8. The minimum absolute atomic E-state index is 0.113. The van der Waals surface area contributed by atoms with Crippen molar-refractivity contribution < 1.29 is 4.79 Å². The molecule has 0 aromatic rings. The lowest BCUT2D eigenvalue weighted by Gasteiger charge is -2.42. The summed E-state index contributed by atoms with van der Waals surface area (Å²) in [5.74, 6) is 0.306. The average Bonchev–Trinajstić information content (AvgIpc) is 2.19. The zero-order valence-electron chi connectivity index (χ0n) is 8.12. The van der Waals surface area contributed by atoms with E-state index in [0.29, 0.717) is 5.91 Å². The average molecular weight is 183 g/mol. The Morgan fingerprint density at radius 3 is 3.08 bits per heavy atom. The summed E-state index contributed by atoms with van der Waals surface area (Å²) in [5.41, 5.74) is 0. The summed E-state index contributed by atoms with van der Waals surface area (Å²) >= 11 is 0. The van der Waals surface area contributed by atoms with Crippen LogP contribution < -0.4 is 5.32 Å². The Bertz CT molecular complexity index is 207. The molecule has 4 heteroatoms. The van der Waals surface area contributed by atoms with Crippen LogP contribution in [0.2, 0.25) is 0 Å². The van der Waals surface area contributed by atoms with E-state index in [2.05, 4.69) is 10.2 Å². The molecule has 2 heterocycles. The van der Waals surface area contributed by atoms with Gasteiger partial charge in [0.25, 0.3) is 0 Å². The summed E-state index contributed by atoms with van der Waals surface area (Å²) in [6, 6.07) is 0.113. The van der Waals surface area contributed by atoms with Gasteiger partial charge in [0.05, 0.1) is 0 Å². The largest absolute Gasteiger partial charge is 0.340 e. The lowest BCUT2D eigenvalue weighted by Crippen LogP contribution is -2.63. The van der Waals surface area contributed by atoms with Gasteiger partial charge in [-0.15, -0.1) is 0 Å². The molecule has 0 spiro atoms. The SMILES string of the molecule is CCN1CCN2CCNCC2C1=O. The monoisotopic (exact) mass is 183 g/mol. The van der Waals surface area contributed by atoms with Crippen LogP contribution in [0.3, 0.4) is 0 Å². The van der Waals surface area contributed by atoms with Gasteiger partial charge in [0.2, 0.25) is 5.91 Å². The van der Waals surface area contributed by atoms with Gasteiger partial charge in [0.1, 0.15) is 6.04 Å². The summed E-state index contributed by atoms with van der Waals surface area (Å²) in [6.07, 6.45) is 0. The molecule has 0 aromatic carbocycles. The first-order valence-corrected chi connectivity index (χ1v) is 5.06. The van der Waals surface area contributed by atoms with Crippen molar-refractivity contribution in [1.82, 2.24) is 15.1 Å². The second-order valence-corrected chi connectivity index (χ2v) is 3.67. The van der Waals surface area contributed by atoms with Crippen molar-refractivity contribution in [3.8, 4) is 0 Å². The van der Waals surface area contributed by atoms with Crippen LogP contribution in [0, 0.1) is 0 Å². The first kappa shape index (κ1) is 8.97. The normalized spacial score (nSPS) is 30.4. The van der Waals surface area contributed by atoms with Crippen molar-refractivity contribution in [2.75, 3.05) is 39.3 Å². The van der Waals surface area contributed by atoms with E-state index in [1.54, 1.807) is 0 Å². The molecule has 1 amide bonds. The zero-order chi connectivity index (χ0) is 9.26. The number of rotatable bonds is 1. The quantitative estimate of drug-likeness (QED) is 0.573. The van der Waals surface area contributed by atoms with Gasteiger partial charge >= 0.3 is 0 Å². The van der Waals surface area contributed by atoms with Crippen LogP contribution in [0.1, 0.15) is 6.92 Å². The van der Waals surface area contributed by atoms with Crippen LogP contribution in [-0.4, -0.2) is 61.0 Å². The molecule has 4 nitrogen and oxygen atoms in total. The van der Waals surface area contributed by atoms with Crippen LogP contribution in [0.4, 0.5) is 0 Å². The fraction of sp³-hybridized carbons (Fsp3) is 0.889. The highest BCUT2D eigenvalue weighted by Crippen LogP contribution is 2.12. The maximum Gasteiger partial charge on any atom is 0.241 e. The molecule has 0 aromatic heterocycles. The van der Waals surface area contributed by atoms with Crippen molar-refractivity contribution in [2.45, 2.75) is 13.0 Å². The molecule has 2 rings (SSSR count). The molecular formula is C9H17N3O. The van der Waals surface area contributed by atoms with E-state index in [4.69, 9.17) is 0 Å². The number of hydrogen-bond donors (Lipinski definition) is 1. The van der Waals surface area contributed by atoms with Crippen LogP contribution >= 0.6 is 0 Å². The Morgan fingerprint density at radius 1 is 1.46 bits per heavy atom. The molecule has 2 aliphatic heterocycles. The highest BCUT2D eigenvalue weighted by atomic mass is 16.2. The van der Waals surface area contributed by atoms with Crippen molar-refractivity contribution in [1.29, 1.82) is 0 Å². The molecule has 0 bridgehead atoms. The molecule has 74 valence electrons. The highest BCUT2D eigenvalue weighted by Gasteiger charge is 2.34. The minimum Gasteiger partial charge on any atom is -0.340 e. The van der Waals surface area contributed by atoms with E-state index in [1.807, 2.05) is 11.8 Å². The Kier molecular flexibility index (Phi) is 2.51. The maximum atomic E-state index is 11.8. The summed E-state index contributed by atoms with van der Waals surface area (Å²) in [7, 11) is 0. The summed E-state index contributed by atoms with van der Waals surface area (Å²) in [6.45, 7) is 7.73. The molecule has 0 saturated carbocycles. The Balaban J connectivity index is 2.05. The van der Waals surface area contributed by atoms with Gasteiger partial charge in [0.15, 0.2) is 0 Å². The minimum atomic E-state index is 0.113. The fourth-order valence-electron chi connectivity index (χ4n) is 2.14. The molecule has 1 atom stereocenters. The number of nitrogens with one attached hydrogen (secondary N) is 1. The van der Waals surface area contributed by atoms with Crippen molar-refractivity contribution >= 4 is 5.91 Å². The second-order valence-electron chi connectivity index (χ2n) is 3.67. The number of amides is 1. The van der Waals surface area contributed by atoms with Gasteiger partial charge in [-0.3, -0.25) is 9.69 Å². The lowest BCUT2D eigenvalue weighted by atomic mass is 10.1. The van der Waals surface area contributed by atoms with E-state index < -0.39 is 0 Å². The topological polar surface area (TPSA) is 35.6 Å². The summed E-state index contributed by atoms with van der Waals surface area (Å²) < 4.78 is 0. The van der Waals surface area contributed by atoms with E-state index in [1.165, 1.54) is 0 Å². The number of carbonyl (C=O) groups is 1. The van der Waals surface area contributed by atoms with Gasteiger partial charge in [-0.1, -0.05) is 0 Å². The molecule has 0 radical (unpaired) electrons. The van der Waals surface area contributed by atoms with Gasteiger partial charge < -0.3 is 10.2 Å². The molecule has 0 aliphatic carbocycles. The number of nitrogens with zero attached hydrogens (tertiary/aromatic N) is 2. The third kappa shape index (κ3) is 1.56. The number of piperazine rings is 2. The Morgan fingerprint density at radius 2 is 2.31 bits per heavy atom. The van der Waals surface area contributed by atoms with Gasteiger partial charge in [0, 0.05) is 39.3 Å². The highest BCUT2D eigenvalue weighted by molar-refractivity contribution is 5.83. The third-order valence-corrected chi connectivity index (χ3v) is 2.99. The molecule has 13 heavy (non-hydrogen) atoms. The van der Waals surface area contributed by atoms with Crippen molar-refractivity contribution in [2.24, 2.45) is 0 Å². The number of carbonyl (C=O) groups excluding carboxylic acids is 1. The smallest absolute Gasteiger partial charge is 0.241 e. The van der Waals surface area contributed by atoms with E-state index in [-0.39, 0.29) is 6.04 Å². The summed E-state index contributed by atoms with van der Waals surface area (Å²) in [4.78, 5) is 16.1. The lowest BCUT2D eigenvalue weighted by molar-refractivity contribution is -0.142. The van der Waals surface area contributed by atoms with Gasteiger partial charge in [-0.25, -0.2) is 0 Å². The van der Waals surface area contributed by atoms with Gasteiger partial charge in [-0.05, 0) is 6.92 Å². The molecule has 2 aliphatic rings. The number of likely N-dealkylation sites (N-methyl/N-ethyl adjacent to an activating group) is 1. The first-order valence-electron chi connectivity index (χ1n) is 5.06. The number of hydrogen-bond acceptors (Lipinski definition) is 3. The zero-order valence-corrected chi connectivity index (χ0v) is 8.12. The van der Waals surface area contributed by atoms with E-state index >= 15 is 0 Å². The second kappa shape index (κ2) is 3.64. The standard InChI is InChI=1S/C9H17N3O/c1-2-11-5-6-12-4-3-10-7-8(12)9(11)13/h8,10H,2-7H2,1H3. The molecular weight excluding hydrogens is 166 g/mol. The van der Waals surface area contributed by atoms with Crippen LogP contribution in [0.25, 0.3) is 0 Å². The predicted molar refractivity (Wildman–Crippen MR) is 50.5 cm³/mol. The van der Waals surface area contributed by atoms with E-state index in [9.17, 15) is 4.79 Å². The third-order valence-electron chi connectivity index (χ3n) is 2.99. The molecule has 2 saturated heterocycles. The summed E-state index contributed by atoms with van der Waals surface area (Å²) in [5, 5.41) is 3.27. The molecule has 1 unspecified atom stereocenters. The van der Waals surface area contributed by atoms with Crippen molar-refractivity contribution in [3.63, 3.8) is 0 Å². The van der Waals surface area contributed by atoms with Crippen molar-refractivity contribution in [3.05, 3.63) is 0 Å². The first-order chi connectivity index (χ1) is 6.33. The van der Waals surface area contributed by atoms with Crippen LogP contribution in [0.5, 0.6) is 0 Å². The van der Waals surface area contributed by atoms with E-state index in [0.717, 1.165) is 39.3 Å². The number of fused-ring (bicyclic) bond motifs is 1. The predicted octanol–water partition coefficient (Wildman–Crippen LogP) is -0.878. The van der Waals surface area contributed by atoms with Crippen LogP contribution in [-0.2, 0) is 4.79 Å². The Labute approximate surface area is 78.9 Å². The fourth-order valence-corrected chi connectivity index (χ4v) is 2.14.